The molecule has 3 heteroatoms. The van der Waals surface area contributed by atoms with Crippen molar-refractivity contribution in [3.63, 3.8) is 0 Å². The molecule has 0 unspecified atom stereocenters. The van der Waals surface area contributed by atoms with Crippen LogP contribution in [0.4, 0.5) is 4.39 Å². The van der Waals surface area contributed by atoms with Crippen LogP contribution >= 0.6 is 0 Å². The zero-order valence-corrected chi connectivity index (χ0v) is 10.4. The second-order valence-corrected chi connectivity index (χ2v) is 3.96. The molecule has 1 rings (SSSR count). The molecule has 0 saturated heterocycles. The van der Waals surface area contributed by atoms with Gasteiger partial charge in [-0.15, -0.1) is 0 Å². The highest BCUT2D eigenvalue weighted by molar-refractivity contribution is 5.22. The van der Waals surface area contributed by atoms with Gasteiger partial charge in [-0.25, -0.2) is 4.39 Å². The van der Waals surface area contributed by atoms with Crippen LogP contribution in [0.3, 0.4) is 0 Å². The van der Waals surface area contributed by atoms with Gasteiger partial charge in [0.2, 0.25) is 0 Å². The zero-order chi connectivity index (χ0) is 12.3. The molecule has 1 aromatic carbocycles. The van der Waals surface area contributed by atoms with E-state index in [1.165, 1.54) is 18.9 Å². The standard InChI is InChI=1S/C14H20FO2/c1-16-11-7-3-2-4-8-12-17-14-10-6-5-9-13(14)15/h5-6,10H,2-4,7-8,11-12H2,1H3. The third-order valence-corrected chi connectivity index (χ3v) is 2.52. The Balaban J connectivity index is 1.99. The number of benzene rings is 1. The van der Waals surface area contributed by atoms with Gasteiger partial charge in [0.05, 0.1) is 6.61 Å². The Labute approximate surface area is 103 Å². The summed E-state index contributed by atoms with van der Waals surface area (Å²) in [5, 5.41) is 0. The molecule has 0 aliphatic carbocycles. The number of ether oxygens (including phenoxy) is 2. The summed E-state index contributed by atoms with van der Waals surface area (Å²) < 4.78 is 23.4. The fraction of sp³-hybridized carbons (Fsp3) is 0.571. The fourth-order valence-corrected chi connectivity index (χ4v) is 1.57. The topological polar surface area (TPSA) is 18.5 Å². The number of methoxy groups -OCH3 is 1. The van der Waals surface area contributed by atoms with Crippen LogP contribution in [0.25, 0.3) is 0 Å². The van der Waals surface area contributed by atoms with Crippen LogP contribution in [0.5, 0.6) is 5.75 Å². The molecule has 0 aromatic heterocycles. The second-order valence-electron chi connectivity index (χ2n) is 3.96. The van der Waals surface area contributed by atoms with Crippen LogP contribution in [0, 0.1) is 11.9 Å². The van der Waals surface area contributed by atoms with Gasteiger partial charge in [-0.05, 0) is 18.9 Å². The van der Waals surface area contributed by atoms with Gasteiger partial charge in [0.15, 0.2) is 11.6 Å². The van der Waals surface area contributed by atoms with Crippen molar-refractivity contribution in [3.05, 3.63) is 30.1 Å². The summed E-state index contributed by atoms with van der Waals surface area (Å²) in [4.78, 5) is 0. The van der Waals surface area contributed by atoms with Crippen molar-refractivity contribution in [1.29, 1.82) is 0 Å². The van der Waals surface area contributed by atoms with E-state index in [2.05, 4.69) is 6.07 Å². The third kappa shape index (κ3) is 6.27. The first-order chi connectivity index (χ1) is 8.34. The average molecular weight is 239 g/mol. The minimum Gasteiger partial charge on any atom is -0.490 e. The predicted octanol–water partition coefficient (Wildman–Crippen LogP) is 3.60. The number of halogens is 1. The van der Waals surface area contributed by atoms with Gasteiger partial charge in [0.1, 0.15) is 0 Å². The Hall–Kier alpha value is -1.09. The van der Waals surface area contributed by atoms with Crippen molar-refractivity contribution >= 4 is 0 Å². The van der Waals surface area contributed by atoms with Crippen molar-refractivity contribution in [3.8, 4) is 5.75 Å². The van der Waals surface area contributed by atoms with Crippen molar-refractivity contribution in [1.82, 2.24) is 0 Å². The molecule has 95 valence electrons. The molecule has 0 amide bonds. The van der Waals surface area contributed by atoms with E-state index >= 15 is 0 Å². The molecule has 0 spiro atoms. The highest BCUT2D eigenvalue weighted by atomic mass is 19.1. The maximum absolute atomic E-state index is 13.1. The SMILES string of the molecule is COCCCCCCCOc1ccc[c]c1F. The van der Waals surface area contributed by atoms with E-state index < -0.39 is 5.82 Å². The van der Waals surface area contributed by atoms with Gasteiger partial charge in [0.25, 0.3) is 0 Å². The van der Waals surface area contributed by atoms with Crippen molar-refractivity contribution in [2.75, 3.05) is 20.3 Å². The quantitative estimate of drug-likeness (QED) is 0.613. The van der Waals surface area contributed by atoms with E-state index in [1.807, 2.05) is 0 Å². The van der Waals surface area contributed by atoms with Crippen LogP contribution in [0.15, 0.2) is 18.2 Å². The largest absolute Gasteiger partial charge is 0.490 e. The Kier molecular flexibility index (Phi) is 7.39. The summed E-state index contributed by atoms with van der Waals surface area (Å²) in [6.07, 6.45) is 5.54. The Morgan fingerprint density at radius 3 is 2.53 bits per heavy atom. The summed E-state index contributed by atoms with van der Waals surface area (Å²) in [5.74, 6) is -0.112. The van der Waals surface area contributed by atoms with E-state index in [1.54, 1.807) is 19.2 Å². The highest BCUT2D eigenvalue weighted by Crippen LogP contribution is 2.15. The number of unbranched alkanes of at least 4 members (excludes halogenated alkanes) is 4. The molecule has 0 fully saturated rings. The van der Waals surface area contributed by atoms with E-state index in [-0.39, 0.29) is 0 Å². The maximum atomic E-state index is 13.1. The molecular weight excluding hydrogens is 219 g/mol. The summed E-state index contributed by atoms with van der Waals surface area (Å²) in [6, 6.07) is 7.36. The first kappa shape index (κ1) is 14.0. The lowest BCUT2D eigenvalue weighted by atomic mass is 10.1. The molecule has 1 radical (unpaired) electrons. The smallest absolute Gasteiger partial charge is 0.172 e. The molecule has 0 aliphatic rings. The summed E-state index contributed by atoms with van der Waals surface area (Å²) in [5.41, 5.74) is 0. The van der Waals surface area contributed by atoms with Gasteiger partial charge in [-0.2, -0.15) is 0 Å². The lowest BCUT2D eigenvalue weighted by molar-refractivity contribution is 0.191. The molecule has 0 saturated carbocycles. The molecule has 0 N–H and O–H groups in total. The number of rotatable bonds is 9. The Morgan fingerprint density at radius 2 is 1.82 bits per heavy atom. The van der Waals surface area contributed by atoms with E-state index in [0.29, 0.717) is 12.4 Å². The Bertz CT molecular complexity index is 302. The van der Waals surface area contributed by atoms with Crippen LogP contribution in [-0.2, 0) is 4.74 Å². The van der Waals surface area contributed by atoms with E-state index in [4.69, 9.17) is 9.47 Å². The maximum Gasteiger partial charge on any atom is 0.172 e. The molecule has 0 atom stereocenters. The second kappa shape index (κ2) is 8.99. The van der Waals surface area contributed by atoms with Gasteiger partial charge >= 0.3 is 0 Å². The minimum absolute atomic E-state index is 0.298. The monoisotopic (exact) mass is 239 g/mol. The zero-order valence-electron chi connectivity index (χ0n) is 10.4. The van der Waals surface area contributed by atoms with Crippen LogP contribution < -0.4 is 4.74 Å². The van der Waals surface area contributed by atoms with Crippen LogP contribution in [0.2, 0.25) is 0 Å². The summed E-state index contributed by atoms with van der Waals surface area (Å²) in [7, 11) is 1.72. The van der Waals surface area contributed by atoms with Crippen LogP contribution in [0.1, 0.15) is 32.1 Å². The van der Waals surface area contributed by atoms with Gasteiger partial charge in [-0.1, -0.05) is 31.4 Å². The molecule has 17 heavy (non-hydrogen) atoms. The third-order valence-electron chi connectivity index (χ3n) is 2.52. The highest BCUT2D eigenvalue weighted by Gasteiger charge is 2.00. The molecule has 2 nitrogen and oxygen atoms in total. The van der Waals surface area contributed by atoms with Crippen LogP contribution in [-0.4, -0.2) is 20.3 Å². The number of hydrogen-bond donors (Lipinski definition) is 0. The molecule has 0 aliphatic heterocycles. The molecule has 0 heterocycles. The molecular formula is C14H20FO2. The minimum atomic E-state index is -0.410. The predicted molar refractivity (Wildman–Crippen MR) is 65.7 cm³/mol. The fourth-order valence-electron chi connectivity index (χ4n) is 1.57. The van der Waals surface area contributed by atoms with Gasteiger partial charge in [0, 0.05) is 19.8 Å². The van der Waals surface area contributed by atoms with Gasteiger partial charge < -0.3 is 9.47 Å². The molecule has 0 bridgehead atoms. The summed E-state index contributed by atoms with van der Waals surface area (Å²) in [6.45, 7) is 1.40. The summed E-state index contributed by atoms with van der Waals surface area (Å²) >= 11 is 0. The number of hydrogen-bond acceptors (Lipinski definition) is 2. The first-order valence-electron chi connectivity index (χ1n) is 6.12. The van der Waals surface area contributed by atoms with Crippen molar-refractivity contribution in [2.24, 2.45) is 0 Å². The van der Waals surface area contributed by atoms with Crippen molar-refractivity contribution in [2.45, 2.75) is 32.1 Å². The van der Waals surface area contributed by atoms with E-state index in [0.717, 1.165) is 25.9 Å². The lowest BCUT2D eigenvalue weighted by Crippen LogP contribution is -1.99. The van der Waals surface area contributed by atoms with E-state index in [9.17, 15) is 4.39 Å². The molecule has 1 aromatic rings. The first-order valence-corrected chi connectivity index (χ1v) is 6.12. The lowest BCUT2D eigenvalue weighted by Gasteiger charge is -2.06. The van der Waals surface area contributed by atoms with Gasteiger partial charge in [-0.3, -0.25) is 0 Å². The normalized spacial score (nSPS) is 10.5. The average Bonchev–Trinajstić information content (AvgIpc) is 2.35. The Morgan fingerprint density at radius 1 is 1.12 bits per heavy atom. The van der Waals surface area contributed by atoms with Crippen molar-refractivity contribution < 1.29 is 13.9 Å².